The van der Waals surface area contributed by atoms with Gasteiger partial charge in [0.25, 0.3) is 0 Å². The summed E-state index contributed by atoms with van der Waals surface area (Å²) in [4.78, 5) is 0. The van der Waals surface area contributed by atoms with Gasteiger partial charge in [-0.05, 0) is 36.2 Å². The van der Waals surface area contributed by atoms with Gasteiger partial charge in [-0.3, -0.25) is 0 Å². The first kappa shape index (κ1) is 11.9. The maximum Gasteiger partial charge on any atom is 0.134 e. The van der Waals surface area contributed by atoms with E-state index in [1.165, 1.54) is 18.4 Å². The van der Waals surface area contributed by atoms with Crippen molar-refractivity contribution < 1.29 is 13.9 Å². The summed E-state index contributed by atoms with van der Waals surface area (Å²) in [6.45, 7) is 1.85. The Bertz CT molecular complexity index is 730. The number of para-hydroxylation sites is 1. The lowest BCUT2D eigenvalue weighted by Crippen LogP contribution is -2.02. The van der Waals surface area contributed by atoms with Crippen LogP contribution in [0.4, 0.5) is 4.39 Å². The minimum absolute atomic E-state index is 0.354. The Morgan fingerprint density at radius 1 is 1.11 bits per heavy atom. The second kappa shape index (κ2) is 4.52. The molecule has 1 unspecified atom stereocenters. The van der Waals surface area contributed by atoms with Gasteiger partial charge in [0.2, 0.25) is 0 Å². The highest BCUT2D eigenvalue weighted by Crippen LogP contribution is 2.32. The van der Waals surface area contributed by atoms with E-state index < -0.39 is 6.10 Å². The lowest BCUT2D eigenvalue weighted by atomic mass is 9.97. The molecule has 0 aliphatic heterocycles. The van der Waals surface area contributed by atoms with Gasteiger partial charge in [-0.15, -0.1) is 0 Å². The average molecular weight is 256 g/mol. The minimum atomic E-state index is -0.889. The summed E-state index contributed by atoms with van der Waals surface area (Å²) in [5.74, 6) is -0.354. The Morgan fingerprint density at radius 2 is 1.89 bits per heavy atom. The molecule has 2 nitrogen and oxygen atoms in total. The van der Waals surface area contributed by atoms with Gasteiger partial charge in [-0.25, -0.2) is 4.39 Å². The molecular formula is C16H13FO2. The number of rotatable bonds is 2. The summed E-state index contributed by atoms with van der Waals surface area (Å²) in [5.41, 5.74) is 2.78. The molecule has 0 saturated heterocycles. The number of hydrogen-bond donors (Lipinski definition) is 1. The number of fused-ring (bicyclic) bond motifs is 1. The van der Waals surface area contributed by atoms with Crippen molar-refractivity contribution in [2.75, 3.05) is 0 Å². The molecule has 0 aliphatic rings. The smallest absolute Gasteiger partial charge is 0.134 e. The summed E-state index contributed by atoms with van der Waals surface area (Å²) in [7, 11) is 0. The van der Waals surface area contributed by atoms with Crippen LogP contribution in [0.5, 0.6) is 0 Å². The van der Waals surface area contributed by atoms with E-state index in [4.69, 9.17) is 4.42 Å². The zero-order chi connectivity index (χ0) is 13.4. The van der Waals surface area contributed by atoms with Crippen molar-refractivity contribution in [3.63, 3.8) is 0 Å². The minimum Gasteiger partial charge on any atom is -0.464 e. The summed E-state index contributed by atoms with van der Waals surface area (Å²) in [6.07, 6.45) is 0.638. The number of benzene rings is 2. The van der Waals surface area contributed by atoms with E-state index in [1.54, 1.807) is 6.07 Å². The Kier molecular flexibility index (Phi) is 2.84. The summed E-state index contributed by atoms with van der Waals surface area (Å²) in [5, 5.41) is 11.3. The number of aryl methyl sites for hydroxylation is 1. The van der Waals surface area contributed by atoms with Crippen molar-refractivity contribution in [1.82, 2.24) is 0 Å². The van der Waals surface area contributed by atoms with Crippen LogP contribution < -0.4 is 0 Å². The van der Waals surface area contributed by atoms with E-state index in [-0.39, 0.29) is 5.82 Å². The van der Waals surface area contributed by atoms with Gasteiger partial charge in [0.05, 0.1) is 6.26 Å². The molecule has 0 radical (unpaired) electrons. The molecule has 2 aromatic carbocycles. The first-order chi connectivity index (χ1) is 9.16. The van der Waals surface area contributed by atoms with Crippen LogP contribution in [-0.2, 0) is 0 Å². The molecule has 0 spiro atoms. The Morgan fingerprint density at radius 3 is 2.74 bits per heavy atom. The largest absolute Gasteiger partial charge is 0.464 e. The van der Waals surface area contributed by atoms with E-state index in [2.05, 4.69) is 0 Å². The van der Waals surface area contributed by atoms with Gasteiger partial charge in [-0.2, -0.15) is 0 Å². The monoisotopic (exact) mass is 256 g/mol. The van der Waals surface area contributed by atoms with Crippen molar-refractivity contribution in [2.24, 2.45) is 0 Å². The van der Waals surface area contributed by atoms with E-state index in [1.807, 2.05) is 31.2 Å². The second-order valence-corrected chi connectivity index (χ2v) is 4.59. The highest BCUT2D eigenvalue weighted by molar-refractivity contribution is 5.81. The molecule has 0 saturated carbocycles. The molecule has 1 aromatic heterocycles. The molecule has 3 rings (SSSR count). The van der Waals surface area contributed by atoms with Crippen LogP contribution in [0.15, 0.2) is 53.1 Å². The van der Waals surface area contributed by atoms with Crippen molar-refractivity contribution in [3.8, 4) is 0 Å². The van der Waals surface area contributed by atoms with Crippen molar-refractivity contribution in [1.29, 1.82) is 0 Å². The first-order valence-electron chi connectivity index (χ1n) is 6.07. The highest BCUT2D eigenvalue weighted by Gasteiger charge is 2.18. The molecule has 0 amide bonds. The third-order valence-electron chi connectivity index (χ3n) is 3.34. The van der Waals surface area contributed by atoms with Gasteiger partial charge in [0.1, 0.15) is 17.5 Å². The van der Waals surface area contributed by atoms with E-state index in [0.717, 1.165) is 10.9 Å². The average Bonchev–Trinajstić information content (AvgIpc) is 2.84. The molecule has 96 valence electrons. The Hall–Kier alpha value is -2.13. The van der Waals surface area contributed by atoms with Gasteiger partial charge in [0, 0.05) is 10.9 Å². The van der Waals surface area contributed by atoms with Crippen molar-refractivity contribution >= 4 is 11.0 Å². The third-order valence-corrected chi connectivity index (χ3v) is 3.34. The summed E-state index contributed by atoms with van der Waals surface area (Å²) < 4.78 is 18.7. The fourth-order valence-corrected chi connectivity index (χ4v) is 2.28. The predicted octanol–water partition coefficient (Wildman–Crippen LogP) is 3.96. The van der Waals surface area contributed by atoms with Crippen LogP contribution in [0.25, 0.3) is 11.0 Å². The topological polar surface area (TPSA) is 33.4 Å². The molecule has 0 bridgehead atoms. The molecule has 3 heteroatoms. The fourth-order valence-electron chi connectivity index (χ4n) is 2.28. The van der Waals surface area contributed by atoms with Crippen molar-refractivity contribution in [2.45, 2.75) is 13.0 Å². The van der Waals surface area contributed by atoms with Crippen LogP contribution in [0.1, 0.15) is 22.8 Å². The molecule has 1 atom stereocenters. The highest BCUT2D eigenvalue weighted by atomic mass is 19.1. The fraction of sp³-hybridized carbons (Fsp3) is 0.125. The predicted molar refractivity (Wildman–Crippen MR) is 71.4 cm³/mol. The standard InChI is InChI=1S/C16H13FO2/c1-10-6-7-11(17)8-13(10)16(18)14-9-19-15-5-3-2-4-12(14)15/h2-9,16,18H,1H3. The first-order valence-corrected chi connectivity index (χ1v) is 6.07. The van der Waals surface area contributed by atoms with Crippen molar-refractivity contribution in [3.05, 3.63) is 71.2 Å². The van der Waals surface area contributed by atoms with Gasteiger partial charge < -0.3 is 9.52 Å². The zero-order valence-corrected chi connectivity index (χ0v) is 10.4. The normalized spacial score (nSPS) is 12.8. The Labute approximate surface area is 110 Å². The van der Waals surface area contributed by atoms with Gasteiger partial charge >= 0.3 is 0 Å². The lowest BCUT2D eigenvalue weighted by Gasteiger charge is -2.12. The van der Waals surface area contributed by atoms with Crippen LogP contribution in [0.3, 0.4) is 0 Å². The SMILES string of the molecule is Cc1ccc(F)cc1C(O)c1coc2ccccc12. The van der Waals surface area contributed by atoms with Crippen LogP contribution >= 0.6 is 0 Å². The maximum absolute atomic E-state index is 13.3. The number of hydrogen-bond acceptors (Lipinski definition) is 2. The lowest BCUT2D eigenvalue weighted by molar-refractivity contribution is 0.219. The summed E-state index contributed by atoms with van der Waals surface area (Å²) in [6, 6.07) is 11.9. The maximum atomic E-state index is 13.3. The molecular weight excluding hydrogens is 243 g/mol. The Balaban J connectivity index is 2.13. The quantitative estimate of drug-likeness (QED) is 0.752. The van der Waals surface area contributed by atoms with Gasteiger partial charge in [0.15, 0.2) is 0 Å². The third kappa shape index (κ3) is 2.02. The molecule has 19 heavy (non-hydrogen) atoms. The number of aliphatic hydroxyl groups is 1. The number of halogens is 1. The van der Waals surface area contributed by atoms with E-state index in [0.29, 0.717) is 16.7 Å². The summed E-state index contributed by atoms with van der Waals surface area (Å²) >= 11 is 0. The zero-order valence-electron chi connectivity index (χ0n) is 10.4. The molecule has 3 aromatic rings. The van der Waals surface area contributed by atoms with Crippen LogP contribution in [0.2, 0.25) is 0 Å². The van der Waals surface area contributed by atoms with Gasteiger partial charge in [-0.1, -0.05) is 24.3 Å². The molecule has 0 aliphatic carbocycles. The van der Waals surface area contributed by atoms with Crippen LogP contribution in [-0.4, -0.2) is 5.11 Å². The molecule has 1 N–H and O–H groups in total. The number of furan rings is 1. The second-order valence-electron chi connectivity index (χ2n) is 4.59. The number of aliphatic hydroxyl groups excluding tert-OH is 1. The van der Waals surface area contributed by atoms with E-state index in [9.17, 15) is 9.50 Å². The van der Waals surface area contributed by atoms with E-state index >= 15 is 0 Å². The molecule has 1 heterocycles. The molecule has 0 fully saturated rings. The van der Waals surface area contributed by atoms with Crippen LogP contribution in [0, 0.1) is 12.7 Å².